The van der Waals surface area contributed by atoms with Gasteiger partial charge < -0.3 is 5.32 Å². The SMILES string of the molecule is Fc1cc(CC2CCCNC2)cc(F)c1Cl. The minimum absolute atomic E-state index is 0.412. The van der Waals surface area contributed by atoms with Crippen LogP contribution < -0.4 is 5.32 Å². The van der Waals surface area contributed by atoms with Gasteiger partial charge in [0.25, 0.3) is 0 Å². The number of hydrogen-bond donors (Lipinski definition) is 1. The van der Waals surface area contributed by atoms with Crippen LogP contribution in [0, 0.1) is 17.6 Å². The predicted octanol–water partition coefficient (Wildman–Crippen LogP) is 3.16. The van der Waals surface area contributed by atoms with Crippen LogP contribution in [0.3, 0.4) is 0 Å². The molecule has 2 rings (SSSR count). The Kier molecular flexibility index (Phi) is 3.77. The van der Waals surface area contributed by atoms with Crippen molar-refractivity contribution in [3.8, 4) is 0 Å². The first-order valence-corrected chi connectivity index (χ1v) is 5.89. The first kappa shape index (κ1) is 11.8. The van der Waals surface area contributed by atoms with E-state index >= 15 is 0 Å². The third-order valence-corrected chi connectivity index (χ3v) is 3.33. The Hall–Kier alpha value is -0.670. The standard InChI is InChI=1S/C12H14ClF2N/c13-12-10(14)5-9(6-11(12)15)4-8-2-1-3-16-7-8/h5-6,8,16H,1-4,7H2. The second-order valence-corrected chi connectivity index (χ2v) is 4.67. The van der Waals surface area contributed by atoms with Gasteiger partial charge in [-0.3, -0.25) is 0 Å². The van der Waals surface area contributed by atoms with Gasteiger partial charge in [0.2, 0.25) is 0 Å². The van der Waals surface area contributed by atoms with Crippen molar-refractivity contribution in [3.05, 3.63) is 34.4 Å². The summed E-state index contributed by atoms with van der Waals surface area (Å²) in [5.74, 6) is -0.866. The number of halogens is 3. The molecule has 1 aromatic carbocycles. The van der Waals surface area contributed by atoms with Crippen LogP contribution >= 0.6 is 11.6 Å². The van der Waals surface area contributed by atoms with Crippen molar-refractivity contribution in [2.45, 2.75) is 19.3 Å². The van der Waals surface area contributed by atoms with Crippen LogP contribution in [0.15, 0.2) is 12.1 Å². The summed E-state index contributed by atoms with van der Waals surface area (Å²) in [4.78, 5) is 0. The minimum Gasteiger partial charge on any atom is -0.316 e. The molecule has 0 spiro atoms. The lowest BCUT2D eigenvalue weighted by atomic mass is 9.92. The van der Waals surface area contributed by atoms with Gasteiger partial charge in [-0.05, 0) is 56.0 Å². The highest BCUT2D eigenvalue weighted by Crippen LogP contribution is 2.23. The fraction of sp³-hybridized carbons (Fsp3) is 0.500. The third-order valence-electron chi connectivity index (χ3n) is 2.97. The number of rotatable bonds is 2. The van der Waals surface area contributed by atoms with E-state index in [2.05, 4.69) is 5.32 Å². The smallest absolute Gasteiger partial charge is 0.145 e. The Labute approximate surface area is 98.8 Å². The van der Waals surface area contributed by atoms with Crippen molar-refractivity contribution in [2.24, 2.45) is 5.92 Å². The van der Waals surface area contributed by atoms with Crippen LogP contribution in [0.4, 0.5) is 8.78 Å². The molecule has 1 aromatic rings. The summed E-state index contributed by atoms with van der Waals surface area (Å²) in [5.41, 5.74) is 0.688. The highest BCUT2D eigenvalue weighted by Gasteiger charge is 2.15. The van der Waals surface area contributed by atoms with Crippen molar-refractivity contribution in [1.82, 2.24) is 5.32 Å². The van der Waals surface area contributed by atoms with E-state index in [1.807, 2.05) is 0 Å². The van der Waals surface area contributed by atoms with Crippen LogP contribution in [-0.4, -0.2) is 13.1 Å². The Morgan fingerprint density at radius 3 is 2.56 bits per heavy atom. The molecular weight excluding hydrogens is 232 g/mol. The van der Waals surface area contributed by atoms with Gasteiger partial charge in [-0.25, -0.2) is 8.78 Å². The largest absolute Gasteiger partial charge is 0.316 e. The quantitative estimate of drug-likeness (QED) is 0.790. The zero-order valence-electron chi connectivity index (χ0n) is 8.90. The monoisotopic (exact) mass is 245 g/mol. The van der Waals surface area contributed by atoms with Gasteiger partial charge in [-0.15, -0.1) is 0 Å². The van der Waals surface area contributed by atoms with Gasteiger partial charge in [0.1, 0.15) is 16.7 Å². The highest BCUT2D eigenvalue weighted by molar-refractivity contribution is 6.30. The topological polar surface area (TPSA) is 12.0 Å². The number of hydrogen-bond acceptors (Lipinski definition) is 1. The lowest BCUT2D eigenvalue weighted by Gasteiger charge is -2.22. The molecule has 1 unspecified atom stereocenters. The molecule has 0 saturated carbocycles. The summed E-state index contributed by atoms with van der Waals surface area (Å²) >= 11 is 5.43. The van der Waals surface area contributed by atoms with E-state index in [1.165, 1.54) is 12.1 Å². The average Bonchev–Trinajstić information content (AvgIpc) is 2.27. The van der Waals surface area contributed by atoms with Crippen molar-refractivity contribution in [1.29, 1.82) is 0 Å². The van der Waals surface area contributed by atoms with E-state index < -0.39 is 16.7 Å². The number of piperidine rings is 1. The molecule has 16 heavy (non-hydrogen) atoms. The predicted molar refractivity (Wildman–Crippen MR) is 60.7 cm³/mol. The van der Waals surface area contributed by atoms with Gasteiger partial charge in [0.05, 0.1) is 0 Å². The van der Waals surface area contributed by atoms with Gasteiger partial charge in [-0.1, -0.05) is 11.6 Å². The van der Waals surface area contributed by atoms with E-state index in [1.54, 1.807) is 0 Å². The molecule has 1 N–H and O–H groups in total. The molecule has 0 aliphatic carbocycles. The molecule has 1 atom stereocenters. The summed E-state index contributed by atoms with van der Waals surface area (Å²) in [6.07, 6.45) is 2.94. The molecule has 0 radical (unpaired) electrons. The zero-order chi connectivity index (χ0) is 11.5. The van der Waals surface area contributed by atoms with Crippen molar-refractivity contribution in [3.63, 3.8) is 0 Å². The summed E-state index contributed by atoms with van der Waals surface area (Å²) < 4.78 is 26.4. The Bertz CT molecular complexity index is 352. The van der Waals surface area contributed by atoms with Gasteiger partial charge in [0, 0.05) is 0 Å². The second-order valence-electron chi connectivity index (χ2n) is 4.29. The van der Waals surface area contributed by atoms with Gasteiger partial charge in [0.15, 0.2) is 0 Å². The molecule has 1 nitrogen and oxygen atoms in total. The zero-order valence-corrected chi connectivity index (χ0v) is 9.66. The molecule has 4 heteroatoms. The molecule has 1 saturated heterocycles. The molecule has 1 aliphatic heterocycles. The first-order chi connectivity index (χ1) is 7.66. The Balaban J connectivity index is 2.09. The van der Waals surface area contributed by atoms with E-state index in [0.29, 0.717) is 17.9 Å². The van der Waals surface area contributed by atoms with Gasteiger partial charge >= 0.3 is 0 Å². The summed E-state index contributed by atoms with van der Waals surface area (Å²) in [6, 6.07) is 2.67. The van der Waals surface area contributed by atoms with Crippen molar-refractivity contribution < 1.29 is 8.78 Å². The van der Waals surface area contributed by atoms with Crippen LogP contribution in [0.5, 0.6) is 0 Å². The Morgan fingerprint density at radius 1 is 1.31 bits per heavy atom. The van der Waals surface area contributed by atoms with Gasteiger partial charge in [-0.2, -0.15) is 0 Å². The van der Waals surface area contributed by atoms with E-state index in [9.17, 15) is 8.78 Å². The lowest BCUT2D eigenvalue weighted by Crippen LogP contribution is -2.30. The second kappa shape index (κ2) is 5.11. The van der Waals surface area contributed by atoms with Crippen molar-refractivity contribution in [2.75, 3.05) is 13.1 Å². The fourth-order valence-electron chi connectivity index (χ4n) is 2.16. The van der Waals surface area contributed by atoms with Crippen LogP contribution in [0.1, 0.15) is 18.4 Å². The maximum Gasteiger partial charge on any atom is 0.145 e. The highest BCUT2D eigenvalue weighted by atomic mass is 35.5. The lowest BCUT2D eigenvalue weighted by molar-refractivity contribution is 0.375. The minimum atomic E-state index is -0.666. The molecular formula is C12H14ClF2N. The molecule has 0 bridgehead atoms. The van der Waals surface area contributed by atoms with Crippen LogP contribution in [-0.2, 0) is 6.42 Å². The fourth-order valence-corrected chi connectivity index (χ4v) is 2.27. The van der Waals surface area contributed by atoms with Crippen LogP contribution in [0.2, 0.25) is 5.02 Å². The van der Waals surface area contributed by atoms with E-state index in [-0.39, 0.29) is 0 Å². The average molecular weight is 246 g/mol. The molecule has 0 amide bonds. The number of benzene rings is 1. The normalized spacial score (nSPS) is 21.1. The first-order valence-electron chi connectivity index (χ1n) is 5.51. The molecule has 1 fully saturated rings. The van der Waals surface area contributed by atoms with E-state index in [4.69, 9.17) is 11.6 Å². The Morgan fingerprint density at radius 2 is 2.00 bits per heavy atom. The third kappa shape index (κ3) is 2.71. The summed E-state index contributed by atoms with van der Waals surface area (Å²) in [5, 5.41) is 2.87. The van der Waals surface area contributed by atoms with Crippen LogP contribution in [0.25, 0.3) is 0 Å². The summed E-state index contributed by atoms with van der Waals surface area (Å²) in [7, 11) is 0. The van der Waals surface area contributed by atoms with Crippen molar-refractivity contribution >= 4 is 11.6 Å². The molecule has 1 aliphatic rings. The molecule has 1 heterocycles. The van der Waals surface area contributed by atoms with E-state index in [0.717, 1.165) is 25.9 Å². The maximum absolute atomic E-state index is 13.2. The maximum atomic E-state index is 13.2. The molecule has 88 valence electrons. The number of nitrogens with one attached hydrogen (secondary N) is 1. The molecule has 0 aromatic heterocycles. The summed E-state index contributed by atoms with van der Waals surface area (Å²) in [6.45, 7) is 1.96.